The van der Waals surface area contributed by atoms with Crippen LogP contribution in [-0.2, 0) is 4.79 Å². The first-order valence-electron chi connectivity index (χ1n) is 8.28. The molecule has 0 bridgehead atoms. The highest BCUT2D eigenvalue weighted by Gasteiger charge is 2.05. The lowest BCUT2D eigenvalue weighted by Crippen LogP contribution is -2.32. The number of methoxy groups -OCH3 is 1. The van der Waals surface area contributed by atoms with Gasteiger partial charge in [-0.15, -0.1) is 21.5 Å². The molecule has 0 aliphatic carbocycles. The van der Waals surface area contributed by atoms with Gasteiger partial charge in [-0.3, -0.25) is 4.79 Å². The van der Waals surface area contributed by atoms with Crippen molar-refractivity contribution in [1.29, 1.82) is 0 Å². The van der Waals surface area contributed by atoms with Gasteiger partial charge in [0.05, 0.1) is 18.5 Å². The molecule has 0 fully saturated rings. The Morgan fingerprint density at radius 2 is 1.96 bits per heavy atom. The van der Waals surface area contributed by atoms with Gasteiger partial charge in [0.25, 0.3) is 5.91 Å². The third-order valence-corrected chi connectivity index (χ3v) is 4.39. The lowest BCUT2D eigenvalue weighted by molar-refractivity contribution is -0.123. The van der Waals surface area contributed by atoms with E-state index in [1.54, 1.807) is 48.8 Å². The highest BCUT2D eigenvalue weighted by molar-refractivity contribution is 7.13. The van der Waals surface area contributed by atoms with E-state index in [-0.39, 0.29) is 19.1 Å². The summed E-state index contributed by atoms with van der Waals surface area (Å²) in [6.07, 6.45) is 0. The molecule has 2 heterocycles. The molecule has 0 radical (unpaired) electrons. The van der Waals surface area contributed by atoms with E-state index in [9.17, 15) is 4.79 Å². The van der Waals surface area contributed by atoms with Gasteiger partial charge < -0.3 is 19.5 Å². The van der Waals surface area contributed by atoms with Crippen molar-refractivity contribution in [3.8, 4) is 28.0 Å². The zero-order chi connectivity index (χ0) is 18.9. The summed E-state index contributed by atoms with van der Waals surface area (Å²) < 4.78 is 16.0. The van der Waals surface area contributed by atoms with Crippen LogP contribution in [0, 0.1) is 0 Å². The fourth-order valence-electron chi connectivity index (χ4n) is 2.19. The van der Waals surface area contributed by atoms with Crippen molar-refractivity contribution in [2.45, 2.75) is 0 Å². The van der Waals surface area contributed by atoms with E-state index < -0.39 is 0 Å². The van der Waals surface area contributed by atoms with Crippen LogP contribution in [0.4, 0.5) is 0 Å². The number of aromatic nitrogens is 2. The molecule has 27 heavy (non-hydrogen) atoms. The Morgan fingerprint density at radius 1 is 1.07 bits per heavy atom. The summed E-state index contributed by atoms with van der Waals surface area (Å²) in [6, 6.07) is 14.6. The number of ether oxygens (including phenoxy) is 3. The van der Waals surface area contributed by atoms with Crippen molar-refractivity contribution in [3.63, 3.8) is 0 Å². The van der Waals surface area contributed by atoms with E-state index in [0.29, 0.717) is 23.9 Å². The Labute approximate surface area is 160 Å². The van der Waals surface area contributed by atoms with Crippen LogP contribution in [0.5, 0.6) is 17.4 Å². The van der Waals surface area contributed by atoms with E-state index >= 15 is 0 Å². The predicted molar refractivity (Wildman–Crippen MR) is 102 cm³/mol. The van der Waals surface area contributed by atoms with E-state index in [1.807, 2.05) is 23.6 Å². The zero-order valence-corrected chi connectivity index (χ0v) is 15.6. The maximum atomic E-state index is 11.8. The maximum absolute atomic E-state index is 11.8. The molecule has 2 aromatic heterocycles. The summed E-state index contributed by atoms with van der Waals surface area (Å²) in [5, 5.41) is 12.9. The third-order valence-electron chi connectivity index (χ3n) is 3.50. The van der Waals surface area contributed by atoms with Gasteiger partial charge in [0, 0.05) is 12.1 Å². The first-order chi connectivity index (χ1) is 13.2. The molecule has 1 N–H and O–H groups in total. The number of benzene rings is 1. The molecule has 0 unspecified atom stereocenters. The summed E-state index contributed by atoms with van der Waals surface area (Å²) in [5.41, 5.74) is 0.806. The number of amides is 1. The van der Waals surface area contributed by atoms with E-state index in [2.05, 4.69) is 15.5 Å². The number of rotatable bonds is 9. The van der Waals surface area contributed by atoms with Gasteiger partial charge in [-0.2, -0.15) is 0 Å². The fraction of sp³-hybridized carbons (Fsp3) is 0.211. The molecule has 3 rings (SSSR count). The maximum Gasteiger partial charge on any atom is 0.258 e. The Balaban J connectivity index is 1.35. The van der Waals surface area contributed by atoms with Crippen LogP contribution >= 0.6 is 11.3 Å². The van der Waals surface area contributed by atoms with Crippen LogP contribution < -0.4 is 19.5 Å². The van der Waals surface area contributed by atoms with Crippen LogP contribution in [0.25, 0.3) is 10.6 Å². The van der Waals surface area contributed by atoms with Gasteiger partial charge in [0.2, 0.25) is 5.88 Å². The molecule has 0 aliphatic rings. The predicted octanol–water partition coefficient (Wildman–Crippen LogP) is 2.79. The molecule has 0 aliphatic heterocycles. The average Bonchev–Trinajstić information content (AvgIpc) is 3.25. The topological polar surface area (TPSA) is 82.6 Å². The minimum Gasteiger partial charge on any atom is -0.497 e. The lowest BCUT2D eigenvalue weighted by Gasteiger charge is -2.09. The molecule has 3 aromatic rings. The molecule has 140 valence electrons. The number of carbonyl (C=O) groups excluding carboxylic acids is 1. The molecule has 7 nitrogen and oxygen atoms in total. The Morgan fingerprint density at radius 3 is 2.70 bits per heavy atom. The average molecular weight is 385 g/mol. The SMILES string of the molecule is COc1cccc(OCC(=O)NCCOc2ccc(-c3cccs3)nn2)c1. The van der Waals surface area contributed by atoms with Gasteiger partial charge in [-0.25, -0.2) is 0 Å². The second kappa shape index (κ2) is 9.54. The Kier molecular flexibility index (Phi) is 6.59. The highest BCUT2D eigenvalue weighted by atomic mass is 32.1. The van der Waals surface area contributed by atoms with E-state index in [4.69, 9.17) is 14.2 Å². The van der Waals surface area contributed by atoms with Crippen LogP contribution in [-0.4, -0.2) is 43.0 Å². The highest BCUT2D eigenvalue weighted by Crippen LogP contribution is 2.22. The van der Waals surface area contributed by atoms with Crippen LogP contribution in [0.1, 0.15) is 0 Å². The zero-order valence-electron chi connectivity index (χ0n) is 14.8. The molecule has 1 amide bonds. The molecule has 0 atom stereocenters. The number of hydrogen-bond donors (Lipinski definition) is 1. The second-order valence-corrected chi connectivity index (χ2v) is 6.35. The first-order valence-corrected chi connectivity index (χ1v) is 9.16. The summed E-state index contributed by atoms with van der Waals surface area (Å²) in [6.45, 7) is 0.551. The standard InChI is InChI=1S/C19H19N3O4S/c1-24-14-4-2-5-15(12-14)26-13-18(23)20-9-10-25-19-8-7-16(21-22-19)17-6-3-11-27-17/h2-8,11-12H,9-10,13H2,1H3,(H,20,23). The smallest absolute Gasteiger partial charge is 0.258 e. The summed E-state index contributed by atoms with van der Waals surface area (Å²) in [5.74, 6) is 1.42. The lowest BCUT2D eigenvalue weighted by atomic mass is 10.3. The van der Waals surface area contributed by atoms with E-state index in [0.717, 1.165) is 10.6 Å². The van der Waals surface area contributed by atoms with Crippen molar-refractivity contribution in [3.05, 3.63) is 53.9 Å². The van der Waals surface area contributed by atoms with Gasteiger partial charge >= 0.3 is 0 Å². The fourth-order valence-corrected chi connectivity index (χ4v) is 2.88. The quantitative estimate of drug-likeness (QED) is 0.571. The number of hydrogen-bond acceptors (Lipinski definition) is 7. The number of nitrogens with one attached hydrogen (secondary N) is 1. The molecule has 0 spiro atoms. The third kappa shape index (κ3) is 5.68. The van der Waals surface area contributed by atoms with Crippen LogP contribution in [0.3, 0.4) is 0 Å². The van der Waals surface area contributed by atoms with Crippen molar-refractivity contribution >= 4 is 17.2 Å². The van der Waals surface area contributed by atoms with Crippen molar-refractivity contribution in [2.75, 3.05) is 26.9 Å². The van der Waals surface area contributed by atoms with Crippen LogP contribution in [0.2, 0.25) is 0 Å². The van der Waals surface area contributed by atoms with Crippen molar-refractivity contribution in [1.82, 2.24) is 15.5 Å². The normalized spacial score (nSPS) is 10.3. The van der Waals surface area contributed by atoms with Crippen LogP contribution in [0.15, 0.2) is 53.9 Å². The monoisotopic (exact) mass is 385 g/mol. The number of nitrogens with zero attached hydrogens (tertiary/aromatic N) is 2. The molecular formula is C19H19N3O4S. The Bertz CT molecular complexity index is 854. The van der Waals surface area contributed by atoms with Crippen molar-refractivity contribution in [2.24, 2.45) is 0 Å². The minimum atomic E-state index is -0.236. The van der Waals surface area contributed by atoms with Gasteiger partial charge in [0.1, 0.15) is 23.8 Å². The molecule has 8 heteroatoms. The summed E-state index contributed by atoms with van der Waals surface area (Å²) >= 11 is 1.60. The largest absolute Gasteiger partial charge is 0.497 e. The van der Waals surface area contributed by atoms with E-state index in [1.165, 1.54) is 0 Å². The second-order valence-electron chi connectivity index (χ2n) is 5.40. The molecule has 1 aromatic carbocycles. The van der Waals surface area contributed by atoms with Crippen molar-refractivity contribution < 1.29 is 19.0 Å². The summed E-state index contributed by atoms with van der Waals surface area (Å²) in [7, 11) is 1.58. The summed E-state index contributed by atoms with van der Waals surface area (Å²) in [4.78, 5) is 12.9. The van der Waals surface area contributed by atoms with Gasteiger partial charge in [0.15, 0.2) is 6.61 Å². The van der Waals surface area contributed by atoms with Gasteiger partial charge in [-0.05, 0) is 29.6 Å². The molecular weight excluding hydrogens is 366 g/mol. The molecule has 0 saturated heterocycles. The van der Waals surface area contributed by atoms with Gasteiger partial charge in [-0.1, -0.05) is 12.1 Å². The first kappa shape index (κ1) is 18.7. The number of thiophene rings is 1. The minimum absolute atomic E-state index is 0.0809. The molecule has 0 saturated carbocycles. The Hall–Kier alpha value is -3.13. The number of carbonyl (C=O) groups is 1.